The van der Waals surface area contributed by atoms with E-state index in [-0.39, 0.29) is 0 Å². The lowest BCUT2D eigenvalue weighted by atomic mass is 10.3. The molecule has 126 valence electrons. The second-order valence-electron chi connectivity index (χ2n) is 5.62. The number of fused-ring (bicyclic) bond motifs is 1. The lowest BCUT2D eigenvalue weighted by Gasteiger charge is -2.09. The van der Waals surface area contributed by atoms with Gasteiger partial charge in [-0.15, -0.1) is 0 Å². The van der Waals surface area contributed by atoms with Crippen molar-refractivity contribution in [2.45, 2.75) is 6.54 Å². The van der Waals surface area contributed by atoms with E-state index in [1.54, 1.807) is 25.7 Å². The van der Waals surface area contributed by atoms with Gasteiger partial charge >= 0.3 is 0 Å². The molecular weight excluding hydrogens is 316 g/mol. The summed E-state index contributed by atoms with van der Waals surface area (Å²) in [5.41, 5.74) is 3.87. The first-order valence-corrected chi connectivity index (χ1v) is 7.94. The van der Waals surface area contributed by atoms with Crippen LogP contribution in [0.1, 0.15) is 5.69 Å². The van der Waals surface area contributed by atoms with Crippen LogP contribution in [0.3, 0.4) is 0 Å². The van der Waals surface area contributed by atoms with E-state index >= 15 is 0 Å². The molecule has 25 heavy (non-hydrogen) atoms. The van der Waals surface area contributed by atoms with Crippen molar-refractivity contribution < 1.29 is 4.74 Å². The van der Waals surface area contributed by atoms with Crippen LogP contribution in [0.2, 0.25) is 0 Å². The summed E-state index contributed by atoms with van der Waals surface area (Å²) in [4.78, 5) is 8.72. The van der Waals surface area contributed by atoms with Crippen LogP contribution in [0.4, 0.5) is 5.95 Å². The van der Waals surface area contributed by atoms with Gasteiger partial charge < -0.3 is 14.6 Å². The average Bonchev–Trinajstić information content (AvgIpc) is 3.25. The molecule has 0 fully saturated rings. The van der Waals surface area contributed by atoms with Gasteiger partial charge in [0.2, 0.25) is 5.95 Å². The van der Waals surface area contributed by atoms with Gasteiger partial charge in [0.15, 0.2) is 0 Å². The number of benzene rings is 1. The molecule has 3 heterocycles. The molecule has 4 aromatic rings. The second-order valence-corrected chi connectivity index (χ2v) is 5.62. The van der Waals surface area contributed by atoms with Crippen molar-refractivity contribution in [2.75, 3.05) is 12.4 Å². The van der Waals surface area contributed by atoms with E-state index in [0.717, 1.165) is 34.1 Å². The summed E-state index contributed by atoms with van der Waals surface area (Å²) in [6.07, 6.45) is 5.30. The van der Waals surface area contributed by atoms with Gasteiger partial charge in [-0.3, -0.25) is 4.98 Å². The maximum Gasteiger partial charge on any atom is 0.204 e. The van der Waals surface area contributed by atoms with E-state index in [1.165, 1.54) is 0 Å². The fraction of sp³-hybridized carbons (Fsp3) is 0.167. The maximum absolute atomic E-state index is 5.40. The number of pyridine rings is 1. The Balaban J connectivity index is 1.62. The number of hydrogen-bond acceptors (Lipinski definition) is 5. The number of para-hydroxylation sites is 1. The number of aromatic nitrogens is 5. The molecule has 0 atom stereocenters. The van der Waals surface area contributed by atoms with Crippen LogP contribution < -0.4 is 10.1 Å². The molecule has 0 radical (unpaired) electrons. The minimum atomic E-state index is 0.599. The van der Waals surface area contributed by atoms with Crippen LogP contribution >= 0.6 is 0 Å². The third-order valence-electron chi connectivity index (χ3n) is 4.15. The first-order chi connectivity index (χ1) is 12.3. The highest BCUT2D eigenvalue weighted by atomic mass is 16.5. The van der Waals surface area contributed by atoms with Gasteiger partial charge in [-0.25, -0.2) is 9.67 Å². The van der Waals surface area contributed by atoms with E-state index < -0.39 is 0 Å². The van der Waals surface area contributed by atoms with Crippen LogP contribution in [0.5, 0.6) is 5.75 Å². The molecule has 7 nitrogen and oxygen atoms in total. The summed E-state index contributed by atoms with van der Waals surface area (Å²) in [6.45, 7) is 0.599. The standard InChI is InChI=1S/C18H18N6O/c1-23-15-4-3-5-16(25-2)17(15)22-18(23)20-12-14-8-11-21-24(14)13-6-9-19-10-7-13/h3-11H,12H2,1-2H3,(H,20,22). The number of methoxy groups -OCH3 is 1. The van der Waals surface area contributed by atoms with Crippen molar-refractivity contribution in [3.8, 4) is 11.4 Å². The summed E-state index contributed by atoms with van der Waals surface area (Å²) in [7, 11) is 3.64. The largest absolute Gasteiger partial charge is 0.494 e. The number of rotatable bonds is 5. The zero-order chi connectivity index (χ0) is 17.2. The quantitative estimate of drug-likeness (QED) is 0.608. The van der Waals surface area contributed by atoms with Gasteiger partial charge in [0.25, 0.3) is 0 Å². The predicted molar refractivity (Wildman–Crippen MR) is 96.0 cm³/mol. The predicted octanol–water partition coefficient (Wildman–Crippen LogP) is 2.77. The molecule has 4 rings (SSSR count). The number of aryl methyl sites for hydroxylation is 1. The minimum Gasteiger partial charge on any atom is -0.494 e. The highest BCUT2D eigenvalue weighted by Gasteiger charge is 2.12. The summed E-state index contributed by atoms with van der Waals surface area (Å²) in [5, 5.41) is 7.78. The van der Waals surface area contributed by atoms with Crippen LogP contribution in [-0.2, 0) is 13.6 Å². The summed E-state index contributed by atoms with van der Waals surface area (Å²) in [5.74, 6) is 1.55. The first kappa shape index (κ1) is 15.2. The second kappa shape index (κ2) is 6.27. The van der Waals surface area contributed by atoms with Crippen molar-refractivity contribution in [1.29, 1.82) is 0 Å². The molecule has 0 spiro atoms. The van der Waals surface area contributed by atoms with E-state index in [2.05, 4.69) is 20.4 Å². The van der Waals surface area contributed by atoms with Gasteiger partial charge in [-0.1, -0.05) is 6.07 Å². The molecule has 0 aliphatic rings. The molecular formula is C18H18N6O. The third kappa shape index (κ3) is 2.69. The van der Waals surface area contributed by atoms with Gasteiger partial charge in [0.1, 0.15) is 11.3 Å². The van der Waals surface area contributed by atoms with Gasteiger partial charge in [-0.2, -0.15) is 5.10 Å². The molecule has 0 aliphatic heterocycles. The average molecular weight is 334 g/mol. The molecule has 7 heteroatoms. The number of hydrogen-bond donors (Lipinski definition) is 1. The summed E-state index contributed by atoms with van der Waals surface area (Å²) < 4.78 is 9.31. The monoisotopic (exact) mass is 334 g/mol. The normalized spacial score (nSPS) is 11.0. The Morgan fingerprint density at radius 3 is 2.72 bits per heavy atom. The Hall–Kier alpha value is -3.35. The number of imidazole rings is 1. The van der Waals surface area contributed by atoms with Crippen molar-refractivity contribution in [3.05, 3.63) is 60.7 Å². The molecule has 3 aromatic heterocycles. The summed E-state index contributed by atoms with van der Waals surface area (Å²) >= 11 is 0. The zero-order valence-electron chi connectivity index (χ0n) is 14.0. The zero-order valence-corrected chi connectivity index (χ0v) is 14.0. The van der Waals surface area contributed by atoms with E-state index in [4.69, 9.17) is 4.74 Å². The molecule has 1 N–H and O–H groups in total. The molecule has 0 amide bonds. The Kier molecular flexibility index (Phi) is 3.81. The topological polar surface area (TPSA) is 69.8 Å². The molecule has 0 bridgehead atoms. The highest BCUT2D eigenvalue weighted by molar-refractivity contribution is 5.84. The van der Waals surface area contributed by atoms with Crippen molar-refractivity contribution in [1.82, 2.24) is 24.3 Å². The number of anilines is 1. The van der Waals surface area contributed by atoms with E-state index in [9.17, 15) is 0 Å². The van der Waals surface area contributed by atoms with E-state index in [1.807, 2.05) is 52.7 Å². The molecule has 1 aromatic carbocycles. The maximum atomic E-state index is 5.40. The first-order valence-electron chi connectivity index (χ1n) is 7.94. The molecule has 0 saturated carbocycles. The Bertz CT molecular complexity index is 1010. The Morgan fingerprint density at radius 2 is 1.92 bits per heavy atom. The van der Waals surface area contributed by atoms with Crippen LogP contribution in [-0.4, -0.2) is 31.4 Å². The van der Waals surface area contributed by atoms with Gasteiger partial charge in [0, 0.05) is 25.6 Å². The van der Waals surface area contributed by atoms with Crippen molar-refractivity contribution in [3.63, 3.8) is 0 Å². The SMILES string of the molecule is COc1cccc2c1nc(NCc1ccnn1-c1ccncc1)n2C. The fourth-order valence-corrected chi connectivity index (χ4v) is 2.86. The van der Waals surface area contributed by atoms with Crippen LogP contribution in [0.15, 0.2) is 55.0 Å². The van der Waals surface area contributed by atoms with Gasteiger partial charge in [-0.05, 0) is 30.3 Å². The lowest BCUT2D eigenvalue weighted by Crippen LogP contribution is -2.10. The number of ether oxygens (including phenoxy) is 1. The molecule has 0 aliphatic carbocycles. The minimum absolute atomic E-state index is 0.599. The number of nitrogens with zero attached hydrogens (tertiary/aromatic N) is 5. The Morgan fingerprint density at radius 1 is 1.08 bits per heavy atom. The van der Waals surface area contributed by atoms with Crippen molar-refractivity contribution in [2.24, 2.45) is 7.05 Å². The Labute approximate surface area is 144 Å². The third-order valence-corrected chi connectivity index (χ3v) is 4.15. The molecule has 0 unspecified atom stereocenters. The van der Waals surface area contributed by atoms with Crippen LogP contribution in [0.25, 0.3) is 16.7 Å². The summed E-state index contributed by atoms with van der Waals surface area (Å²) in [6, 6.07) is 11.7. The highest BCUT2D eigenvalue weighted by Crippen LogP contribution is 2.27. The van der Waals surface area contributed by atoms with E-state index in [0.29, 0.717) is 6.54 Å². The lowest BCUT2D eigenvalue weighted by molar-refractivity contribution is 0.419. The van der Waals surface area contributed by atoms with Crippen molar-refractivity contribution >= 4 is 17.0 Å². The fourth-order valence-electron chi connectivity index (χ4n) is 2.86. The van der Waals surface area contributed by atoms with Gasteiger partial charge in [0.05, 0.1) is 30.6 Å². The van der Waals surface area contributed by atoms with Crippen LogP contribution in [0, 0.1) is 0 Å². The number of nitrogens with one attached hydrogen (secondary N) is 1. The smallest absolute Gasteiger partial charge is 0.204 e. The molecule has 0 saturated heterocycles.